The quantitative estimate of drug-likeness (QED) is 0.765. The number of alkyl halides is 5. The van der Waals surface area contributed by atoms with E-state index in [4.69, 9.17) is 0 Å². The van der Waals surface area contributed by atoms with Crippen molar-refractivity contribution in [3.8, 4) is 0 Å². The summed E-state index contributed by atoms with van der Waals surface area (Å²) in [5, 5.41) is 2.96. The van der Waals surface area contributed by atoms with E-state index in [-0.39, 0.29) is 19.5 Å². The Labute approximate surface area is 134 Å². The molecule has 0 spiro atoms. The highest BCUT2D eigenvalue weighted by Crippen LogP contribution is 2.39. The van der Waals surface area contributed by atoms with E-state index in [0.29, 0.717) is 18.5 Å². The van der Waals surface area contributed by atoms with Gasteiger partial charge in [0.15, 0.2) is 0 Å². The van der Waals surface area contributed by atoms with Crippen molar-refractivity contribution in [2.45, 2.75) is 32.0 Å². The number of hydrogen-bond donors (Lipinski definition) is 0. The molecule has 10 heteroatoms. The maximum absolute atomic E-state index is 13.2. The van der Waals surface area contributed by atoms with Gasteiger partial charge in [-0.25, -0.2) is 18.2 Å². The van der Waals surface area contributed by atoms with Crippen LogP contribution in [0.1, 0.15) is 24.9 Å². The van der Waals surface area contributed by atoms with Crippen LogP contribution in [0, 0.1) is 11.7 Å². The number of amides is 1. The summed E-state index contributed by atoms with van der Waals surface area (Å²) in [6.45, 7) is 0.749. The Morgan fingerprint density at radius 3 is 2.46 bits per heavy atom. The molecule has 0 saturated carbocycles. The summed E-state index contributed by atoms with van der Waals surface area (Å²) < 4.78 is 69.7. The SMILES string of the molecule is CC(F)(F)F.O=C1C(C(F)F)CN2CCC(c3cncc(F)c3)N12. The fourth-order valence-corrected chi connectivity index (χ4v) is 2.75. The zero-order valence-corrected chi connectivity index (χ0v) is 12.6. The van der Waals surface area contributed by atoms with Crippen molar-refractivity contribution in [1.29, 1.82) is 0 Å². The zero-order chi connectivity index (χ0) is 18.1. The average molecular weight is 355 g/mol. The predicted molar refractivity (Wildman–Crippen MR) is 71.2 cm³/mol. The van der Waals surface area contributed by atoms with E-state index in [0.717, 1.165) is 6.20 Å². The predicted octanol–water partition coefficient (Wildman–Crippen LogP) is 3.17. The monoisotopic (exact) mass is 355 g/mol. The Balaban J connectivity index is 0.000000368. The van der Waals surface area contributed by atoms with E-state index in [1.165, 1.54) is 17.3 Å². The second-order valence-corrected chi connectivity index (χ2v) is 5.56. The zero-order valence-electron chi connectivity index (χ0n) is 12.6. The van der Waals surface area contributed by atoms with Crippen LogP contribution < -0.4 is 0 Å². The first-order valence-electron chi connectivity index (χ1n) is 7.11. The minimum absolute atomic E-state index is 0.0374. The summed E-state index contributed by atoms with van der Waals surface area (Å²) >= 11 is 0. The van der Waals surface area contributed by atoms with Crippen molar-refractivity contribution < 1.29 is 31.1 Å². The molecule has 1 amide bonds. The molecule has 0 bridgehead atoms. The van der Waals surface area contributed by atoms with Crippen LogP contribution >= 0.6 is 0 Å². The van der Waals surface area contributed by atoms with E-state index >= 15 is 0 Å². The van der Waals surface area contributed by atoms with Crippen molar-refractivity contribution in [2.24, 2.45) is 5.92 Å². The van der Waals surface area contributed by atoms with Crippen molar-refractivity contribution in [2.75, 3.05) is 13.1 Å². The first-order chi connectivity index (χ1) is 11.1. The van der Waals surface area contributed by atoms with Crippen LogP contribution in [0.5, 0.6) is 0 Å². The highest BCUT2D eigenvalue weighted by Gasteiger charge is 2.49. The van der Waals surface area contributed by atoms with Gasteiger partial charge in [-0.15, -0.1) is 0 Å². The molecule has 3 rings (SSSR count). The van der Waals surface area contributed by atoms with Gasteiger partial charge in [0.1, 0.15) is 11.7 Å². The van der Waals surface area contributed by atoms with Gasteiger partial charge in [-0.3, -0.25) is 14.8 Å². The van der Waals surface area contributed by atoms with Gasteiger partial charge in [-0.1, -0.05) is 0 Å². The fraction of sp³-hybridized carbons (Fsp3) is 0.571. The molecule has 2 unspecified atom stereocenters. The third-order valence-corrected chi connectivity index (χ3v) is 3.63. The smallest absolute Gasteiger partial charge is 0.273 e. The van der Waals surface area contributed by atoms with Gasteiger partial charge in [0.05, 0.1) is 12.2 Å². The molecular formula is C14H15F6N3O. The van der Waals surface area contributed by atoms with E-state index in [2.05, 4.69) is 4.98 Å². The van der Waals surface area contributed by atoms with Gasteiger partial charge in [-0.2, -0.15) is 13.2 Å². The minimum atomic E-state index is -4.00. The van der Waals surface area contributed by atoms with Crippen molar-refractivity contribution in [1.82, 2.24) is 15.0 Å². The molecule has 2 saturated heterocycles. The Morgan fingerprint density at radius 2 is 1.92 bits per heavy atom. The van der Waals surface area contributed by atoms with E-state index in [1.54, 1.807) is 5.01 Å². The number of aromatic nitrogens is 1. The summed E-state index contributed by atoms with van der Waals surface area (Å²) in [7, 11) is 0. The van der Waals surface area contributed by atoms with Crippen molar-refractivity contribution in [3.63, 3.8) is 0 Å². The molecule has 0 aromatic carbocycles. The van der Waals surface area contributed by atoms with Gasteiger partial charge in [0.25, 0.3) is 6.43 Å². The summed E-state index contributed by atoms with van der Waals surface area (Å²) in [6, 6.07) is 0.906. The van der Waals surface area contributed by atoms with Crippen LogP contribution in [0.25, 0.3) is 0 Å². The van der Waals surface area contributed by atoms with Gasteiger partial charge < -0.3 is 0 Å². The number of carbonyl (C=O) groups is 1. The van der Waals surface area contributed by atoms with Crippen LogP contribution in [-0.2, 0) is 4.79 Å². The van der Waals surface area contributed by atoms with Crippen LogP contribution in [0.2, 0.25) is 0 Å². The maximum Gasteiger partial charge on any atom is 0.386 e. The molecule has 2 aliphatic heterocycles. The first kappa shape index (κ1) is 18.5. The van der Waals surface area contributed by atoms with Crippen LogP contribution in [0.15, 0.2) is 18.5 Å². The standard InChI is InChI=1S/C12H12F3N3O.C2H3F3/c13-8-3-7(4-16-5-8)10-1-2-17-6-9(11(14)15)12(19)18(10)17;1-2(3,4)5/h3-5,9-11H,1-2,6H2;1H3. The Kier molecular flexibility index (Phi) is 5.36. The molecule has 134 valence electrons. The van der Waals surface area contributed by atoms with Crippen LogP contribution in [-0.4, -0.2) is 46.6 Å². The van der Waals surface area contributed by atoms with Crippen molar-refractivity contribution in [3.05, 3.63) is 29.8 Å². The summed E-state index contributed by atoms with van der Waals surface area (Å²) in [6.07, 6.45) is -3.51. The third-order valence-electron chi connectivity index (χ3n) is 3.63. The van der Waals surface area contributed by atoms with Gasteiger partial charge >= 0.3 is 6.18 Å². The molecule has 1 aromatic rings. The number of hydrazine groups is 1. The molecule has 0 aliphatic carbocycles. The number of halogens is 6. The Bertz CT molecular complexity index is 588. The number of nitrogens with zero attached hydrogens (tertiary/aromatic N) is 3. The molecule has 0 radical (unpaired) electrons. The first-order valence-corrected chi connectivity index (χ1v) is 7.11. The summed E-state index contributed by atoms with van der Waals surface area (Å²) in [5.41, 5.74) is 0.547. The lowest BCUT2D eigenvalue weighted by molar-refractivity contribution is -0.142. The molecule has 1 aromatic heterocycles. The van der Waals surface area contributed by atoms with Crippen LogP contribution in [0.3, 0.4) is 0 Å². The third kappa shape index (κ3) is 4.37. The van der Waals surface area contributed by atoms with E-state index in [9.17, 15) is 31.1 Å². The second-order valence-electron chi connectivity index (χ2n) is 5.56. The Hall–Kier alpha value is -1.84. The van der Waals surface area contributed by atoms with Gasteiger partial charge in [0, 0.05) is 26.2 Å². The molecule has 3 heterocycles. The summed E-state index contributed by atoms with van der Waals surface area (Å²) in [5.74, 6) is -2.35. The molecule has 24 heavy (non-hydrogen) atoms. The van der Waals surface area contributed by atoms with E-state index < -0.39 is 30.2 Å². The van der Waals surface area contributed by atoms with E-state index in [1.807, 2.05) is 0 Å². The number of pyridine rings is 1. The number of fused-ring (bicyclic) bond motifs is 1. The molecule has 4 nitrogen and oxygen atoms in total. The summed E-state index contributed by atoms with van der Waals surface area (Å²) in [4.78, 5) is 15.7. The maximum atomic E-state index is 13.2. The van der Waals surface area contributed by atoms with Crippen molar-refractivity contribution >= 4 is 5.91 Å². The average Bonchev–Trinajstić information content (AvgIpc) is 2.98. The van der Waals surface area contributed by atoms with Gasteiger partial charge in [0.2, 0.25) is 5.91 Å². The number of rotatable bonds is 2. The minimum Gasteiger partial charge on any atom is -0.273 e. The Morgan fingerprint density at radius 1 is 1.29 bits per heavy atom. The molecular weight excluding hydrogens is 340 g/mol. The topological polar surface area (TPSA) is 36.4 Å². The van der Waals surface area contributed by atoms with Gasteiger partial charge in [-0.05, 0) is 18.1 Å². The fourth-order valence-electron chi connectivity index (χ4n) is 2.75. The lowest BCUT2D eigenvalue weighted by Gasteiger charge is -2.25. The molecule has 0 N–H and O–H groups in total. The van der Waals surface area contributed by atoms with Crippen LogP contribution in [0.4, 0.5) is 26.3 Å². The number of carbonyl (C=O) groups excluding carboxylic acids is 1. The molecule has 2 fully saturated rings. The highest BCUT2D eigenvalue weighted by molar-refractivity contribution is 5.81. The normalized spacial score (nSPS) is 24.2. The lowest BCUT2D eigenvalue weighted by atomic mass is 10.0. The molecule has 2 aliphatic rings. The number of hydrogen-bond acceptors (Lipinski definition) is 3. The highest BCUT2D eigenvalue weighted by atomic mass is 19.4. The largest absolute Gasteiger partial charge is 0.386 e. The lowest BCUT2D eigenvalue weighted by Crippen LogP contribution is -2.35. The second kappa shape index (κ2) is 6.96. The molecule has 2 atom stereocenters.